The van der Waals surface area contributed by atoms with E-state index in [2.05, 4.69) is 10.6 Å². The van der Waals surface area contributed by atoms with Gasteiger partial charge in [-0.2, -0.15) is 13.2 Å². The van der Waals surface area contributed by atoms with Gasteiger partial charge in [-0.1, -0.05) is 48.5 Å². The molecule has 2 amide bonds. The Morgan fingerprint density at radius 3 is 2.10 bits per heavy atom. The molecule has 0 aliphatic carbocycles. The molecule has 39 heavy (non-hydrogen) atoms. The van der Waals surface area contributed by atoms with E-state index >= 15 is 0 Å². The van der Waals surface area contributed by atoms with Crippen molar-refractivity contribution >= 4 is 23.7 Å². The fraction of sp³-hybridized carbons (Fsp3) is 0.276. The number of alkyl carbamates (subject to hydrolysis) is 1. The van der Waals surface area contributed by atoms with E-state index in [1.54, 1.807) is 75.4 Å². The van der Waals surface area contributed by atoms with E-state index in [1.165, 1.54) is 13.2 Å². The fourth-order valence-electron chi connectivity index (χ4n) is 3.72. The second kappa shape index (κ2) is 12.0. The summed E-state index contributed by atoms with van der Waals surface area (Å²) in [6.45, 7) is 5.07. The minimum Gasteiger partial charge on any atom is -0.467 e. The van der Waals surface area contributed by atoms with E-state index < -0.39 is 41.4 Å². The van der Waals surface area contributed by atoms with Gasteiger partial charge in [0.15, 0.2) is 0 Å². The van der Waals surface area contributed by atoms with E-state index in [9.17, 15) is 27.6 Å². The Labute approximate surface area is 224 Å². The van der Waals surface area contributed by atoms with Gasteiger partial charge in [-0.25, -0.2) is 9.59 Å². The van der Waals surface area contributed by atoms with Crippen LogP contribution < -0.4 is 10.6 Å². The quantitative estimate of drug-likeness (QED) is 0.345. The lowest BCUT2D eigenvalue weighted by Gasteiger charge is -2.22. The van der Waals surface area contributed by atoms with Crippen molar-refractivity contribution < 1.29 is 37.0 Å². The van der Waals surface area contributed by atoms with E-state index in [0.717, 1.165) is 12.1 Å². The number of hydrogen-bond acceptors (Lipinski definition) is 5. The number of anilines is 1. The van der Waals surface area contributed by atoms with Crippen molar-refractivity contribution in [2.75, 3.05) is 12.4 Å². The molecule has 0 radical (unpaired) electrons. The number of hydrogen-bond donors (Lipinski definition) is 2. The second-order valence-corrected chi connectivity index (χ2v) is 9.70. The lowest BCUT2D eigenvalue weighted by molar-refractivity contribution is -0.143. The molecule has 206 valence electrons. The maximum atomic E-state index is 13.4. The first kappa shape index (κ1) is 29.2. The molecule has 3 aromatic carbocycles. The van der Waals surface area contributed by atoms with Crippen LogP contribution in [0.1, 0.15) is 42.3 Å². The number of amides is 2. The lowest BCUT2D eigenvalue weighted by Crippen LogP contribution is -2.45. The summed E-state index contributed by atoms with van der Waals surface area (Å²) in [6, 6.07) is 17.0. The van der Waals surface area contributed by atoms with E-state index in [4.69, 9.17) is 9.47 Å². The molecule has 0 aromatic heterocycles. The van der Waals surface area contributed by atoms with Crippen molar-refractivity contribution in [1.29, 1.82) is 0 Å². The summed E-state index contributed by atoms with van der Waals surface area (Å²) in [7, 11) is 1.20. The summed E-state index contributed by atoms with van der Waals surface area (Å²) < 4.78 is 50.1. The third-order valence-electron chi connectivity index (χ3n) is 5.50. The van der Waals surface area contributed by atoms with E-state index in [0.29, 0.717) is 22.4 Å². The summed E-state index contributed by atoms with van der Waals surface area (Å²) in [4.78, 5) is 37.5. The molecule has 0 spiro atoms. The van der Waals surface area contributed by atoms with Gasteiger partial charge in [-0.3, -0.25) is 4.79 Å². The molecule has 0 bridgehead atoms. The van der Waals surface area contributed by atoms with Gasteiger partial charge in [-0.15, -0.1) is 0 Å². The topological polar surface area (TPSA) is 93.7 Å². The van der Waals surface area contributed by atoms with Crippen LogP contribution in [0.15, 0.2) is 72.8 Å². The number of alkyl halides is 3. The summed E-state index contributed by atoms with van der Waals surface area (Å²) in [5.74, 6) is -1.39. The Balaban J connectivity index is 1.79. The van der Waals surface area contributed by atoms with Gasteiger partial charge in [0, 0.05) is 17.7 Å². The number of esters is 1. The average Bonchev–Trinajstić information content (AvgIpc) is 2.87. The van der Waals surface area contributed by atoms with E-state index in [-0.39, 0.29) is 12.0 Å². The zero-order valence-electron chi connectivity index (χ0n) is 21.9. The number of carbonyl (C=O) groups excluding carboxylic acids is 3. The Bertz CT molecular complexity index is 1320. The Morgan fingerprint density at radius 2 is 1.54 bits per heavy atom. The maximum absolute atomic E-state index is 13.4. The molecule has 7 nitrogen and oxygen atoms in total. The molecule has 2 N–H and O–H groups in total. The number of methoxy groups -OCH3 is 1. The molecule has 0 saturated carbocycles. The van der Waals surface area contributed by atoms with Crippen LogP contribution in [0.4, 0.5) is 23.7 Å². The lowest BCUT2D eigenvalue weighted by atomic mass is 9.96. The molecule has 0 saturated heterocycles. The van der Waals surface area contributed by atoms with Crippen LogP contribution in [0.2, 0.25) is 0 Å². The smallest absolute Gasteiger partial charge is 0.416 e. The Hall–Kier alpha value is -4.34. The van der Waals surface area contributed by atoms with Crippen LogP contribution >= 0.6 is 0 Å². The summed E-state index contributed by atoms with van der Waals surface area (Å²) in [5.41, 5.74) is 0.0784. The van der Waals surface area contributed by atoms with Gasteiger partial charge in [0.05, 0.1) is 12.7 Å². The SMILES string of the molecule is COC(=O)[C@H](Cc1ccc(NC(=O)c2cc(C(F)(F)F)ccc2-c2ccccc2)cc1)NC(=O)OC(C)(C)C. The largest absolute Gasteiger partial charge is 0.467 e. The number of halogens is 3. The molecule has 3 rings (SSSR count). The van der Waals surface area contributed by atoms with Crippen molar-refractivity contribution in [3.05, 3.63) is 89.5 Å². The fourth-order valence-corrected chi connectivity index (χ4v) is 3.72. The first-order valence-corrected chi connectivity index (χ1v) is 12.0. The second-order valence-electron chi connectivity index (χ2n) is 9.70. The average molecular weight is 543 g/mol. The van der Waals surface area contributed by atoms with Crippen molar-refractivity contribution in [1.82, 2.24) is 5.32 Å². The Morgan fingerprint density at radius 1 is 0.897 bits per heavy atom. The maximum Gasteiger partial charge on any atom is 0.416 e. The molecule has 3 aromatic rings. The highest BCUT2D eigenvalue weighted by atomic mass is 19.4. The first-order chi connectivity index (χ1) is 18.3. The predicted molar refractivity (Wildman–Crippen MR) is 140 cm³/mol. The number of carbonyl (C=O) groups is 3. The van der Waals surface area contributed by atoms with Crippen LogP contribution in [0.3, 0.4) is 0 Å². The van der Waals surface area contributed by atoms with Gasteiger partial charge in [0.1, 0.15) is 11.6 Å². The first-order valence-electron chi connectivity index (χ1n) is 12.0. The van der Waals surface area contributed by atoms with Crippen molar-refractivity contribution in [3.63, 3.8) is 0 Å². The molecule has 0 unspecified atom stereocenters. The third kappa shape index (κ3) is 8.33. The number of benzene rings is 3. The summed E-state index contributed by atoms with van der Waals surface area (Å²) in [6.07, 6.45) is -5.32. The molecule has 0 heterocycles. The van der Waals surface area contributed by atoms with Gasteiger partial charge in [-0.05, 0) is 61.7 Å². The number of ether oxygens (including phenoxy) is 2. The number of rotatable bonds is 7. The molecule has 0 fully saturated rings. The zero-order valence-corrected chi connectivity index (χ0v) is 21.9. The van der Waals surface area contributed by atoms with Crippen LogP contribution in [-0.2, 0) is 26.9 Å². The van der Waals surface area contributed by atoms with Gasteiger partial charge >= 0.3 is 18.2 Å². The highest BCUT2D eigenvalue weighted by Gasteiger charge is 2.32. The van der Waals surface area contributed by atoms with Gasteiger partial charge in [0.25, 0.3) is 5.91 Å². The normalized spacial score (nSPS) is 12.3. The van der Waals surface area contributed by atoms with Crippen LogP contribution in [0.5, 0.6) is 0 Å². The van der Waals surface area contributed by atoms with E-state index in [1.807, 2.05) is 0 Å². The summed E-state index contributed by atoms with van der Waals surface area (Å²) in [5, 5.41) is 5.11. The third-order valence-corrected chi connectivity index (χ3v) is 5.50. The van der Waals surface area contributed by atoms with Crippen molar-refractivity contribution in [2.24, 2.45) is 0 Å². The minimum atomic E-state index is -4.62. The highest BCUT2D eigenvalue weighted by Crippen LogP contribution is 2.34. The van der Waals surface area contributed by atoms with Gasteiger partial charge in [0.2, 0.25) is 0 Å². The highest BCUT2D eigenvalue weighted by molar-refractivity contribution is 6.09. The molecule has 0 aliphatic heterocycles. The number of nitrogens with one attached hydrogen (secondary N) is 2. The Kier molecular flexibility index (Phi) is 9.00. The van der Waals surface area contributed by atoms with Crippen LogP contribution in [0, 0.1) is 0 Å². The zero-order chi connectivity index (χ0) is 28.8. The molecule has 1 atom stereocenters. The van der Waals surface area contributed by atoms with Gasteiger partial charge < -0.3 is 20.1 Å². The standard InChI is InChI=1S/C29H29F3N2O5/c1-28(2,3)39-27(37)34-24(26(36)38-4)16-18-10-13-21(14-11-18)33-25(35)23-17-20(29(30,31)32)12-15-22(23)19-8-6-5-7-9-19/h5-15,17,24H,16H2,1-4H3,(H,33,35)(H,34,37)/t24-/m0/s1. The minimum absolute atomic E-state index is 0.0753. The van der Waals surface area contributed by atoms with Crippen molar-refractivity contribution in [3.8, 4) is 11.1 Å². The predicted octanol–water partition coefficient (Wildman–Crippen LogP) is 6.23. The molecular formula is C29H29F3N2O5. The molecular weight excluding hydrogens is 513 g/mol. The molecule has 0 aliphatic rings. The van der Waals surface area contributed by atoms with Crippen LogP contribution in [-0.4, -0.2) is 36.7 Å². The summed E-state index contributed by atoms with van der Waals surface area (Å²) >= 11 is 0. The molecule has 10 heteroatoms. The van der Waals surface area contributed by atoms with Crippen molar-refractivity contribution in [2.45, 2.75) is 45.0 Å². The monoisotopic (exact) mass is 542 g/mol. The van der Waals surface area contributed by atoms with Crippen LogP contribution in [0.25, 0.3) is 11.1 Å².